The monoisotopic (exact) mass is 304 g/mol. The molecule has 0 unspecified atom stereocenters. The molecule has 0 saturated heterocycles. The molecule has 20 heavy (non-hydrogen) atoms. The second kappa shape index (κ2) is 9.48. The van der Waals surface area contributed by atoms with Crippen molar-refractivity contribution in [2.75, 3.05) is 0 Å². The molecular formula is C14H18NaO4P. The van der Waals surface area contributed by atoms with Crippen LogP contribution in [0.15, 0.2) is 60.7 Å². The molecule has 0 heterocycles. The zero-order valence-corrected chi connectivity index (χ0v) is 14.4. The van der Waals surface area contributed by atoms with E-state index < -0.39 is 7.82 Å². The van der Waals surface area contributed by atoms with E-state index in [-0.39, 0.29) is 31.0 Å². The maximum absolute atomic E-state index is 8.88. The Hall–Kier alpha value is -0.450. The molecule has 3 N–H and O–H groups in total. The van der Waals surface area contributed by atoms with Gasteiger partial charge in [-0.2, -0.15) is 0 Å². The van der Waals surface area contributed by atoms with Gasteiger partial charge in [0, 0.05) is 5.92 Å². The zero-order chi connectivity index (χ0) is 14.3. The van der Waals surface area contributed by atoms with Crippen molar-refractivity contribution >= 4 is 7.82 Å². The first kappa shape index (κ1) is 19.6. The van der Waals surface area contributed by atoms with E-state index in [2.05, 4.69) is 67.6 Å². The largest absolute Gasteiger partial charge is 1.00 e. The van der Waals surface area contributed by atoms with Crippen molar-refractivity contribution in [3.63, 3.8) is 0 Å². The zero-order valence-electron chi connectivity index (χ0n) is 12.5. The fourth-order valence-corrected chi connectivity index (χ4v) is 1.68. The maximum Gasteiger partial charge on any atom is 1.00 e. The Morgan fingerprint density at radius 1 is 0.850 bits per heavy atom. The second-order valence-corrected chi connectivity index (χ2v) is 5.08. The van der Waals surface area contributed by atoms with E-state index in [4.69, 9.17) is 19.2 Å². The number of hydrogen-bond donors (Lipinski definition) is 3. The first-order chi connectivity index (χ1) is 8.88. The summed E-state index contributed by atoms with van der Waals surface area (Å²) in [5, 5.41) is 0. The molecular weight excluding hydrogens is 286 g/mol. The van der Waals surface area contributed by atoms with Gasteiger partial charge in [-0.15, -0.1) is 0 Å². The normalized spacial score (nSPS) is 10.2. The Bertz CT molecular complexity index is 485. The molecule has 2 aromatic rings. The van der Waals surface area contributed by atoms with Gasteiger partial charge in [0.15, 0.2) is 0 Å². The summed E-state index contributed by atoms with van der Waals surface area (Å²) < 4.78 is 8.88. The van der Waals surface area contributed by atoms with Crippen LogP contribution >= 0.6 is 7.82 Å². The van der Waals surface area contributed by atoms with Crippen molar-refractivity contribution in [2.45, 2.75) is 12.8 Å². The van der Waals surface area contributed by atoms with Crippen molar-refractivity contribution in [3.05, 3.63) is 71.8 Å². The Labute approximate surface area is 142 Å². The van der Waals surface area contributed by atoms with Crippen LogP contribution in [0.2, 0.25) is 0 Å². The van der Waals surface area contributed by atoms with Crippen molar-refractivity contribution in [3.8, 4) is 0 Å². The fraction of sp³-hybridized carbons (Fsp3) is 0.143. The van der Waals surface area contributed by atoms with Crippen LogP contribution in [0.25, 0.3) is 0 Å². The van der Waals surface area contributed by atoms with Gasteiger partial charge >= 0.3 is 37.4 Å². The molecule has 2 rings (SSSR count). The summed E-state index contributed by atoms with van der Waals surface area (Å²) in [4.78, 5) is 21.6. The van der Waals surface area contributed by atoms with E-state index in [9.17, 15) is 0 Å². The number of rotatable bonds is 2. The van der Waals surface area contributed by atoms with Crippen molar-refractivity contribution in [1.82, 2.24) is 0 Å². The van der Waals surface area contributed by atoms with Crippen LogP contribution < -0.4 is 29.6 Å². The van der Waals surface area contributed by atoms with E-state index in [1.165, 1.54) is 11.1 Å². The van der Waals surface area contributed by atoms with Crippen LogP contribution in [0.5, 0.6) is 0 Å². The molecule has 0 aliphatic carbocycles. The summed E-state index contributed by atoms with van der Waals surface area (Å²) in [6, 6.07) is 21.2. The third-order valence-corrected chi connectivity index (χ3v) is 2.60. The van der Waals surface area contributed by atoms with Crippen LogP contribution in [-0.4, -0.2) is 14.7 Å². The molecule has 0 radical (unpaired) electrons. The van der Waals surface area contributed by atoms with Gasteiger partial charge in [-0.1, -0.05) is 67.6 Å². The second-order valence-electron chi connectivity index (χ2n) is 4.06. The van der Waals surface area contributed by atoms with Crippen molar-refractivity contribution in [2.24, 2.45) is 0 Å². The molecule has 2 aromatic carbocycles. The third kappa shape index (κ3) is 8.67. The number of phosphoric acid groups is 1. The molecule has 0 bridgehead atoms. The topological polar surface area (TPSA) is 77.8 Å². The van der Waals surface area contributed by atoms with Crippen LogP contribution in [0.3, 0.4) is 0 Å². The van der Waals surface area contributed by atoms with Gasteiger partial charge in [0.2, 0.25) is 0 Å². The van der Waals surface area contributed by atoms with Gasteiger partial charge in [-0.25, -0.2) is 4.57 Å². The van der Waals surface area contributed by atoms with Gasteiger partial charge in [0.1, 0.15) is 0 Å². The first-order valence-electron chi connectivity index (χ1n) is 5.76. The molecule has 4 nitrogen and oxygen atoms in total. The molecule has 0 atom stereocenters. The van der Waals surface area contributed by atoms with Crippen LogP contribution in [-0.2, 0) is 4.57 Å². The minimum atomic E-state index is -4.64. The van der Waals surface area contributed by atoms with Gasteiger partial charge in [-0.3, -0.25) is 0 Å². The van der Waals surface area contributed by atoms with Gasteiger partial charge < -0.3 is 16.1 Å². The molecule has 0 fully saturated rings. The quantitative estimate of drug-likeness (QED) is 0.540. The van der Waals surface area contributed by atoms with Crippen LogP contribution in [0, 0.1) is 0 Å². The van der Waals surface area contributed by atoms with E-state index in [0.717, 1.165) is 0 Å². The van der Waals surface area contributed by atoms with Crippen LogP contribution in [0.4, 0.5) is 0 Å². The third-order valence-electron chi connectivity index (χ3n) is 2.60. The Kier molecular flexibility index (Phi) is 9.27. The minimum Gasteiger partial charge on any atom is -1.00 e. The smallest absolute Gasteiger partial charge is 1.00 e. The van der Waals surface area contributed by atoms with Gasteiger partial charge in [0.25, 0.3) is 0 Å². The molecule has 0 aliphatic heterocycles. The first-order valence-corrected chi connectivity index (χ1v) is 7.32. The average molecular weight is 304 g/mol. The Morgan fingerprint density at radius 2 is 1.10 bits per heavy atom. The number of hydrogen-bond acceptors (Lipinski definition) is 1. The Balaban J connectivity index is 0. The molecule has 104 valence electrons. The van der Waals surface area contributed by atoms with Crippen molar-refractivity contribution < 1.29 is 50.2 Å². The summed E-state index contributed by atoms with van der Waals surface area (Å²) in [6.45, 7) is 2.24. The molecule has 0 saturated carbocycles. The SMILES string of the molecule is CC(c1ccccc1)c1ccccc1.O=P(O)(O)O.[H-].[Na+]. The fourth-order valence-electron chi connectivity index (χ4n) is 1.68. The van der Waals surface area contributed by atoms with E-state index in [1.807, 2.05) is 0 Å². The van der Waals surface area contributed by atoms with E-state index in [1.54, 1.807) is 0 Å². The van der Waals surface area contributed by atoms with Crippen molar-refractivity contribution in [1.29, 1.82) is 0 Å². The van der Waals surface area contributed by atoms with Gasteiger partial charge in [0.05, 0.1) is 0 Å². The average Bonchev–Trinajstić information content (AvgIpc) is 2.38. The number of benzene rings is 2. The summed E-state index contributed by atoms with van der Waals surface area (Å²) in [5.41, 5.74) is 2.75. The predicted octanol–water partition coefficient (Wildman–Crippen LogP) is 0.0263. The summed E-state index contributed by atoms with van der Waals surface area (Å²) in [5.74, 6) is 0.484. The molecule has 0 amide bonds. The standard InChI is InChI=1S/C14H14.Na.H3O4P.H/c1-12(13-8-4-2-5-9-13)14-10-6-3-7-11-14;;1-5(2,3)4;/h2-12H,1H3;;(H3,1,2,3,4);/q;+1;;-1. The minimum absolute atomic E-state index is 0. The molecule has 0 aliphatic rings. The molecule has 0 spiro atoms. The van der Waals surface area contributed by atoms with E-state index >= 15 is 0 Å². The molecule has 6 heteroatoms. The van der Waals surface area contributed by atoms with Crippen LogP contribution in [0.1, 0.15) is 25.4 Å². The summed E-state index contributed by atoms with van der Waals surface area (Å²) >= 11 is 0. The predicted molar refractivity (Wildman–Crippen MR) is 75.8 cm³/mol. The summed E-state index contributed by atoms with van der Waals surface area (Å²) in [6.07, 6.45) is 0. The maximum atomic E-state index is 8.88. The molecule has 0 aromatic heterocycles. The van der Waals surface area contributed by atoms with Gasteiger partial charge in [-0.05, 0) is 11.1 Å². The van der Waals surface area contributed by atoms with E-state index in [0.29, 0.717) is 5.92 Å². The Morgan fingerprint density at radius 3 is 1.35 bits per heavy atom. The summed E-state index contributed by atoms with van der Waals surface area (Å²) in [7, 11) is -4.64.